The molecule has 0 atom stereocenters. The summed E-state index contributed by atoms with van der Waals surface area (Å²) in [5.74, 6) is 0.214. The molecule has 2 heterocycles. The van der Waals surface area contributed by atoms with Gasteiger partial charge in [-0.2, -0.15) is 0 Å². The van der Waals surface area contributed by atoms with Crippen LogP contribution in [-0.2, 0) is 0 Å². The van der Waals surface area contributed by atoms with Crippen molar-refractivity contribution in [2.45, 2.75) is 6.92 Å². The van der Waals surface area contributed by atoms with Gasteiger partial charge in [0.2, 0.25) is 0 Å². The lowest BCUT2D eigenvalue weighted by Gasteiger charge is -2.05. The van der Waals surface area contributed by atoms with E-state index in [1.54, 1.807) is 25.4 Å². The summed E-state index contributed by atoms with van der Waals surface area (Å²) in [5, 5.41) is 6.36. The molecule has 0 radical (unpaired) electrons. The van der Waals surface area contributed by atoms with E-state index < -0.39 is 0 Å². The maximum Gasteiger partial charge on any atom is 0.277 e. The maximum atomic E-state index is 12.0. The second-order valence-electron chi connectivity index (χ2n) is 3.51. The summed E-state index contributed by atoms with van der Waals surface area (Å²) in [6.07, 6.45) is 1.69. The quantitative estimate of drug-likeness (QED) is 0.908. The van der Waals surface area contributed by atoms with Gasteiger partial charge in [0.25, 0.3) is 5.91 Å². The van der Waals surface area contributed by atoms with Crippen molar-refractivity contribution in [3.63, 3.8) is 0 Å². The van der Waals surface area contributed by atoms with E-state index in [1.165, 1.54) is 11.3 Å². The van der Waals surface area contributed by atoms with Crippen molar-refractivity contribution in [3.05, 3.63) is 33.9 Å². The van der Waals surface area contributed by atoms with E-state index in [1.807, 2.05) is 6.92 Å². The van der Waals surface area contributed by atoms with E-state index in [9.17, 15) is 4.79 Å². The van der Waals surface area contributed by atoms with E-state index in [0.717, 1.165) is 4.88 Å². The lowest BCUT2D eigenvalue weighted by atomic mass is 10.3. The molecular formula is C11H11ClN4OS. The summed E-state index contributed by atoms with van der Waals surface area (Å²) in [6, 6.07) is 3.33. The van der Waals surface area contributed by atoms with Crippen molar-refractivity contribution in [1.82, 2.24) is 9.97 Å². The Bertz CT molecular complexity index is 584. The van der Waals surface area contributed by atoms with Crippen molar-refractivity contribution in [2.24, 2.45) is 0 Å². The number of aryl methyl sites for hydroxylation is 1. The van der Waals surface area contributed by atoms with Crippen LogP contribution in [0.25, 0.3) is 0 Å². The highest BCUT2D eigenvalue weighted by molar-refractivity contribution is 7.15. The first-order chi connectivity index (χ1) is 8.60. The number of nitrogens with zero attached hydrogens (tertiary/aromatic N) is 2. The fraction of sp³-hybridized carbons (Fsp3) is 0.182. The molecule has 1 amide bonds. The van der Waals surface area contributed by atoms with Crippen molar-refractivity contribution in [2.75, 3.05) is 17.7 Å². The number of thiazole rings is 1. The molecule has 0 fully saturated rings. The lowest BCUT2D eigenvalue weighted by Crippen LogP contribution is -2.14. The van der Waals surface area contributed by atoms with Gasteiger partial charge in [0.1, 0.15) is 11.5 Å². The third kappa shape index (κ3) is 2.77. The zero-order chi connectivity index (χ0) is 13.1. The summed E-state index contributed by atoms with van der Waals surface area (Å²) in [6.45, 7) is 1.92. The van der Waals surface area contributed by atoms with Gasteiger partial charge in [-0.25, -0.2) is 9.97 Å². The Labute approximate surface area is 113 Å². The van der Waals surface area contributed by atoms with Gasteiger partial charge < -0.3 is 5.32 Å². The zero-order valence-corrected chi connectivity index (χ0v) is 11.4. The van der Waals surface area contributed by atoms with Gasteiger partial charge in [0.15, 0.2) is 5.13 Å². The van der Waals surface area contributed by atoms with Crippen molar-refractivity contribution >= 4 is 39.8 Å². The smallest absolute Gasteiger partial charge is 0.277 e. The molecule has 0 bridgehead atoms. The number of hydrogen-bond donors (Lipinski definition) is 2. The van der Waals surface area contributed by atoms with Crippen LogP contribution in [0.2, 0.25) is 5.02 Å². The van der Waals surface area contributed by atoms with Crippen LogP contribution in [0.15, 0.2) is 18.3 Å². The van der Waals surface area contributed by atoms with Crippen LogP contribution in [0, 0.1) is 6.92 Å². The second-order valence-corrected chi connectivity index (χ2v) is 5.15. The van der Waals surface area contributed by atoms with E-state index in [-0.39, 0.29) is 11.6 Å². The minimum atomic E-state index is -0.369. The monoisotopic (exact) mass is 282 g/mol. The molecule has 0 aliphatic heterocycles. The highest BCUT2D eigenvalue weighted by atomic mass is 35.5. The Morgan fingerprint density at radius 3 is 2.83 bits per heavy atom. The standard InChI is InChI=1S/C11H11ClN4OS/c1-6-5-14-11(18-6)16-10(17)9-7(12)3-4-8(13-2)15-9/h3-5H,1-2H3,(H,13,15)(H,14,16,17). The van der Waals surface area contributed by atoms with Crippen molar-refractivity contribution in [1.29, 1.82) is 0 Å². The molecule has 7 heteroatoms. The third-order valence-electron chi connectivity index (χ3n) is 2.16. The summed E-state index contributed by atoms with van der Waals surface area (Å²) in [7, 11) is 1.72. The number of pyridine rings is 1. The molecular weight excluding hydrogens is 272 g/mol. The molecule has 94 valence electrons. The lowest BCUT2D eigenvalue weighted by molar-refractivity contribution is 0.102. The molecule has 0 unspecified atom stereocenters. The first-order valence-corrected chi connectivity index (χ1v) is 6.37. The first kappa shape index (κ1) is 12.8. The number of rotatable bonds is 3. The summed E-state index contributed by atoms with van der Waals surface area (Å²) in [4.78, 5) is 21.2. The normalized spacial score (nSPS) is 10.2. The van der Waals surface area contributed by atoms with Crippen LogP contribution in [0.1, 0.15) is 15.4 Å². The minimum Gasteiger partial charge on any atom is -0.373 e. The Kier molecular flexibility index (Phi) is 3.78. The van der Waals surface area contributed by atoms with Gasteiger partial charge >= 0.3 is 0 Å². The van der Waals surface area contributed by atoms with E-state index in [0.29, 0.717) is 16.0 Å². The number of amides is 1. The van der Waals surface area contributed by atoms with Gasteiger partial charge in [-0.15, -0.1) is 11.3 Å². The van der Waals surface area contributed by atoms with E-state index >= 15 is 0 Å². The Morgan fingerprint density at radius 2 is 2.22 bits per heavy atom. The highest BCUT2D eigenvalue weighted by Gasteiger charge is 2.14. The topological polar surface area (TPSA) is 66.9 Å². The fourth-order valence-electron chi connectivity index (χ4n) is 1.31. The van der Waals surface area contributed by atoms with Gasteiger partial charge in [0, 0.05) is 18.1 Å². The number of carbonyl (C=O) groups is 1. The average Bonchev–Trinajstić information content (AvgIpc) is 2.75. The number of nitrogens with one attached hydrogen (secondary N) is 2. The Balaban J connectivity index is 2.23. The summed E-state index contributed by atoms with van der Waals surface area (Å²) < 4.78 is 0. The number of carbonyl (C=O) groups excluding carboxylic acids is 1. The van der Waals surface area contributed by atoms with Gasteiger partial charge in [-0.1, -0.05) is 11.6 Å². The minimum absolute atomic E-state index is 0.177. The van der Waals surface area contributed by atoms with Crippen LogP contribution in [0.3, 0.4) is 0 Å². The molecule has 0 aromatic carbocycles. The van der Waals surface area contributed by atoms with Crippen molar-refractivity contribution < 1.29 is 4.79 Å². The summed E-state index contributed by atoms with van der Waals surface area (Å²) in [5.41, 5.74) is 0.177. The molecule has 0 saturated heterocycles. The molecule has 0 aliphatic rings. The Hall–Kier alpha value is -1.66. The molecule has 0 saturated carbocycles. The molecule has 18 heavy (non-hydrogen) atoms. The molecule has 2 aromatic rings. The average molecular weight is 283 g/mol. The first-order valence-electron chi connectivity index (χ1n) is 5.18. The molecule has 0 aliphatic carbocycles. The maximum absolute atomic E-state index is 12.0. The van der Waals surface area contributed by atoms with Crippen LogP contribution in [-0.4, -0.2) is 22.9 Å². The number of aromatic nitrogens is 2. The molecule has 2 aromatic heterocycles. The number of hydrogen-bond acceptors (Lipinski definition) is 5. The third-order valence-corrected chi connectivity index (χ3v) is 3.29. The molecule has 2 rings (SSSR count). The van der Waals surface area contributed by atoms with Crippen LogP contribution >= 0.6 is 22.9 Å². The Morgan fingerprint density at radius 1 is 1.44 bits per heavy atom. The summed E-state index contributed by atoms with van der Waals surface area (Å²) >= 11 is 7.35. The fourth-order valence-corrected chi connectivity index (χ4v) is 2.16. The van der Waals surface area contributed by atoms with Gasteiger partial charge in [-0.3, -0.25) is 10.1 Å². The predicted octanol–water partition coefficient (Wildman–Crippen LogP) is 2.79. The molecule has 5 nitrogen and oxygen atoms in total. The van der Waals surface area contributed by atoms with Crippen LogP contribution < -0.4 is 10.6 Å². The molecule has 0 spiro atoms. The van der Waals surface area contributed by atoms with Crippen LogP contribution in [0.5, 0.6) is 0 Å². The van der Waals surface area contributed by atoms with E-state index in [2.05, 4.69) is 20.6 Å². The predicted molar refractivity (Wildman–Crippen MR) is 73.6 cm³/mol. The zero-order valence-electron chi connectivity index (χ0n) is 9.82. The van der Waals surface area contributed by atoms with Crippen LogP contribution in [0.4, 0.5) is 10.9 Å². The largest absolute Gasteiger partial charge is 0.373 e. The number of anilines is 2. The highest BCUT2D eigenvalue weighted by Crippen LogP contribution is 2.20. The van der Waals surface area contributed by atoms with Gasteiger partial charge in [0.05, 0.1) is 5.02 Å². The SMILES string of the molecule is CNc1ccc(Cl)c(C(=O)Nc2ncc(C)s2)n1. The van der Waals surface area contributed by atoms with Gasteiger partial charge in [-0.05, 0) is 19.1 Å². The van der Waals surface area contributed by atoms with Crippen molar-refractivity contribution in [3.8, 4) is 0 Å². The number of halogens is 1. The molecule has 2 N–H and O–H groups in total. The second kappa shape index (κ2) is 5.32. The van der Waals surface area contributed by atoms with E-state index in [4.69, 9.17) is 11.6 Å².